The standard InChI is InChI=1S/C8H18S2/c1-4-5-6-8(2)7-10-9-3/h8H,4-7H2,1-3H3/t8-/m1/s1. The SMILES string of the molecule is CCCC[C@@H](C)CSSC. The molecule has 62 valence electrons. The molecule has 0 N–H and O–H groups in total. The summed E-state index contributed by atoms with van der Waals surface area (Å²) in [6.07, 6.45) is 6.30. The van der Waals surface area contributed by atoms with Crippen molar-refractivity contribution in [3.05, 3.63) is 0 Å². The molecule has 0 aromatic carbocycles. The minimum atomic E-state index is 0.914. The molecule has 0 aromatic heterocycles. The summed E-state index contributed by atoms with van der Waals surface area (Å²) in [5.41, 5.74) is 0. The average molecular weight is 178 g/mol. The second-order valence-electron chi connectivity index (χ2n) is 2.70. The van der Waals surface area contributed by atoms with Crippen molar-refractivity contribution in [1.29, 1.82) is 0 Å². The molecule has 0 nitrogen and oxygen atoms in total. The molecule has 0 aromatic rings. The molecule has 0 radical (unpaired) electrons. The molecule has 0 heterocycles. The fourth-order valence-corrected chi connectivity index (χ4v) is 2.46. The van der Waals surface area contributed by atoms with Crippen LogP contribution in [0.15, 0.2) is 0 Å². The molecule has 0 aliphatic carbocycles. The van der Waals surface area contributed by atoms with Gasteiger partial charge in [-0.05, 0) is 18.6 Å². The van der Waals surface area contributed by atoms with Crippen LogP contribution in [0.3, 0.4) is 0 Å². The molecule has 0 spiro atoms. The van der Waals surface area contributed by atoms with Crippen LogP contribution in [0.1, 0.15) is 33.1 Å². The second kappa shape index (κ2) is 7.80. The van der Waals surface area contributed by atoms with Crippen LogP contribution in [-0.4, -0.2) is 12.0 Å². The van der Waals surface area contributed by atoms with E-state index in [2.05, 4.69) is 20.1 Å². The van der Waals surface area contributed by atoms with Gasteiger partial charge in [-0.1, -0.05) is 48.3 Å². The predicted octanol–water partition coefficient (Wildman–Crippen LogP) is 3.82. The third-order valence-electron chi connectivity index (χ3n) is 1.52. The van der Waals surface area contributed by atoms with Gasteiger partial charge in [-0.2, -0.15) is 0 Å². The first-order valence-corrected chi connectivity index (χ1v) is 6.69. The van der Waals surface area contributed by atoms with E-state index in [0.29, 0.717) is 0 Å². The maximum Gasteiger partial charge on any atom is 0.00625 e. The van der Waals surface area contributed by atoms with Crippen LogP contribution in [0, 0.1) is 5.92 Å². The zero-order valence-corrected chi connectivity index (χ0v) is 8.86. The Morgan fingerprint density at radius 3 is 2.60 bits per heavy atom. The van der Waals surface area contributed by atoms with Crippen molar-refractivity contribution in [2.24, 2.45) is 5.92 Å². The summed E-state index contributed by atoms with van der Waals surface area (Å²) in [6.45, 7) is 4.60. The molecule has 0 fully saturated rings. The summed E-state index contributed by atoms with van der Waals surface area (Å²) in [6, 6.07) is 0. The lowest BCUT2D eigenvalue weighted by Crippen LogP contribution is -1.96. The van der Waals surface area contributed by atoms with Gasteiger partial charge >= 0.3 is 0 Å². The van der Waals surface area contributed by atoms with Crippen LogP contribution in [-0.2, 0) is 0 Å². The quantitative estimate of drug-likeness (QED) is 0.567. The number of hydrogen-bond acceptors (Lipinski definition) is 2. The zero-order valence-electron chi connectivity index (χ0n) is 7.22. The van der Waals surface area contributed by atoms with Crippen molar-refractivity contribution >= 4 is 21.6 Å². The highest BCUT2D eigenvalue weighted by Crippen LogP contribution is 2.22. The third-order valence-corrected chi connectivity index (χ3v) is 3.58. The van der Waals surface area contributed by atoms with Crippen LogP contribution in [0.25, 0.3) is 0 Å². The first-order valence-electron chi connectivity index (χ1n) is 3.96. The van der Waals surface area contributed by atoms with Crippen molar-refractivity contribution in [3.8, 4) is 0 Å². The number of hydrogen-bond donors (Lipinski definition) is 0. The molecule has 0 amide bonds. The Morgan fingerprint density at radius 1 is 1.40 bits per heavy atom. The summed E-state index contributed by atoms with van der Waals surface area (Å²) in [7, 11) is 3.86. The highest BCUT2D eigenvalue weighted by atomic mass is 33.1. The predicted molar refractivity (Wildman–Crippen MR) is 54.7 cm³/mol. The van der Waals surface area contributed by atoms with Crippen molar-refractivity contribution in [1.82, 2.24) is 0 Å². The van der Waals surface area contributed by atoms with Crippen molar-refractivity contribution in [2.75, 3.05) is 12.0 Å². The Labute approximate surface area is 72.9 Å². The fraction of sp³-hybridized carbons (Fsp3) is 1.00. The fourth-order valence-electron chi connectivity index (χ4n) is 0.820. The molecule has 0 unspecified atom stereocenters. The van der Waals surface area contributed by atoms with Gasteiger partial charge in [-0.3, -0.25) is 0 Å². The molecule has 0 saturated heterocycles. The van der Waals surface area contributed by atoms with Gasteiger partial charge in [-0.25, -0.2) is 0 Å². The molecule has 0 bridgehead atoms. The van der Waals surface area contributed by atoms with E-state index >= 15 is 0 Å². The van der Waals surface area contributed by atoms with E-state index in [9.17, 15) is 0 Å². The van der Waals surface area contributed by atoms with Gasteiger partial charge in [0.15, 0.2) is 0 Å². The van der Waals surface area contributed by atoms with Crippen molar-refractivity contribution in [2.45, 2.75) is 33.1 Å². The first kappa shape index (κ1) is 10.7. The molecule has 1 atom stereocenters. The molecule has 0 saturated carbocycles. The smallest absolute Gasteiger partial charge is 0.00625 e. The number of rotatable bonds is 6. The largest absolute Gasteiger partial charge is 0.0976 e. The molecule has 0 aliphatic heterocycles. The van der Waals surface area contributed by atoms with Crippen LogP contribution in [0.5, 0.6) is 0 Å². The zero-order chi connectivity index (χ0) is 7.82. The normalized spacial score (nSPS) is 13.5. The summed E-state index contributed by atoms with van der Waals surface area (Å²) in [5, 5.41) is 0. The second-order valence-corrected chi connectivity index (χ2v) is 5.31. The Morgan fingerprint density at radius 2 is 2.10 bits per heavy atom. The molecule has 0 rings (SSSR count). The molecular weight excluding hydrogens is 160 g/mol. The monoisotopic (exact) mass is 178 g/mol. The summed E-state index contributed by atoms with van der Waals surface area (Å²) in [5.74, 6) is 2.23. The van der Waals surface area contributed by atoms with Gasteiger partial charge in [0.2, 0.25) is 0 Å². The van der Waals surface area contributed by atoms with E-state index in [4.69, 9.17) is 0 Å². The van der Waals surface area contributed by atoms with Gasteiger partial charge in [0.25, 0.3) is 0 Å². The minimum Gasteiger partial charge on any atom is -0.0976 e. The maximum absolute atomic E-state index is 2.35. The van der Waals surface area contributed by atoms with E-state index in [0.717, 1.165) is 5.92 Å². The average Bonchev–Trinajstić information content (AvgIpc) is 1.97. The van der Waals surface area contributed by atoms with Gasteiger partial charge in [0.05, 0.1) is 0 Å². The Balaban J connectivity index is 3.00. The molecule has 10 heavy (non-hydrogen) atoms. The lowest BCUT2D eigenvalue weighted by atomic mass is 10.1. The van der Waals surface area contributed by atoms with E-state index < -0.39 is 0 Å². The lowest BCUT2D eigenvalue weighted by molar-refractivity contribution is 0.558. The molecule has 2 heteroatoms. The Hall–Kier alpha value is 0.700. The van der Waals surface area contributed by atoms with Gasteiger partial charge in [0.1, 0.15) is 0 Å². The van der Waals surface area contributed by atoms with E-state index in [1.54, 1.807) is 0 Å². The van der Waals surface area contributed by atoms with Crippen molar-refractivity contribution in [3.63, 3.8) is 0 Å². The minimum absolute atomic E-state index is 0.914. The number of unbranched alkanes of at least 4 members (excludes halogenated alkanes) is 1. The first-order chi connectivity index (χ1) is 4.81. The van der Waals surface area contributed by atoms with Crippen molar-refractivity contribution < 1.29 is 0 Å². The topological polar surface area (TPSA) is 0 Å². The van der Waals surface area contributed by atoms with Gasteiger partial charge in [0, 0.05) is 5.75 Å². The van der Waals surface area contributed by atoms with Crippen LogP contribution < -0.4 is 0 Å². The molecular formula is C8H18S2. The highest BCUT2D eigenvalue weighted by Gasteiger charge is 1.99. The van der Waals surface area contributed by atoms with E-state index in [1.807, 2.05) is 21.6 Å². The molecule has 0 aliphatic rings. The van der Waals surface area contributed by atoms with E-state index in [1.165, 1.54) is 25.0 Å². The third kappa shape index (κ3) is 6.81. The van der Waals surface area contributed by atoms with E-state index in [-0.39, 0.29) is 0 Å². The van der Waals surface area contributed by atoms with Gasteiger partial charge in [-0.15, -0.1) is 0 Å². The maximum atomic E-state index is 2.35. The summed E-state index contributed by atoms with van der Waals surface area (Å²) < 4.78 is 0. The van der Waals surface area contributed by atoms with Crippen LogP contribution in [0.4, 0.5) is 0 Å². The highest BCUT2D eigenvalue weighted by molar-refractivity contribution is 8.76. The lowest BCUT2D eigenvalue weighted by Gasteiger charge is -2.07. The Bertz CT molecular complexity index is 56.3. The van der Waals surface area contributed by atoms with Crippen LogP contribution in [0.2, 0.25) is 0 Å². The Kier molecular flexibility index (Phi) is 8.35. The van der Waals surface area contributed by atoms with Gasteiger partial charge < -0.3 is 0 Å². The summed E-state index contributed by atoms with van der Waals surface area (Å²) in [4.78, 5) is 0. The summed E-state index contributed by atoms with van der Waals surface area (Å²) >= 11 is 0. The van der Waals surface area contributed by atoms with Crippen LogP contribution >= 0.6 is 21.6 Å².